The minimum atomic E-state index is -0.924. The Morgan fingerprint density at radius 3 is 1.39 bits per heavy atom. The Morgan fingerprint density at radius 2 is 1.02 bits per heavy atom. The number of aliphatic hydroxyl groups is 2. The molecule has 4 aliphatic heterocycles. The van der Waals surface area contributed by atoms with Gasteiger partial charge in [0.05, 0.1) is 62.5 Å². The normalized spacial score (nSPS) is 19.7. The number of carboxylic acid groups (broad SMARTS) is 1. The lowest BCUT2D eigenvalue weighted by atomic mass is 9.91. The predicted octanol–water partition coefficient (Wildman–Crippen LogP) is 9.32. The summed E-state index contributed by atoms with van der Waals surface area (Å²) in [6.45, 7) is 31.2. The number of hydrogen-bond donors (Lipinski definition) is 6. The smallest absolute Gasteiger partial charge is 0.410 e. The van der Waals surface area contributed by atoms with Crippen LogP contribution in [0.2, 0.25) is 0 Å². The standard InChI is InChI=1S/C34H46N6O6S.C17H27N3O5.C17H21N3O2S/c1-20(2)29(27-17-28(37-46-27)38-12-14-39(15-13-38)33(44)45-34(5,6)7)32(43)40-18-25(41)16-26(40)31(42)36-21(3)23-8-10-24(11-9-23)30-22(4)35-19-47-30;1-11(2)14(15(21)22)12-10-13(18-25-12)19-6-8-20(9-7-19)16(23)24-17(3,4)5;1-10(20-17(22)15-7-14(21)8-18-15)12-3-5-13(6-4-12)16-11(2)19-9-23-16/h8-11,17,19-21,25-26,29,41H,12-16,18H2,1-7H3,(H,36,42);10-11,14H,6-9H2,1-5H3,(H,21,22);3-6,9-10,14-15,18,21H,7-8H2,1-2H3,(H,20,22)/t21-,25+,26-,29?;;10-,14+,15-/m0.0/s1. The van der Waals surface area contributed by atoms with E-state index < -0.39 is 47.3 Å². The molecule has 0 aliphatic carbocycles. The number of ether oxygens (including phenoxy) is 2. The van der Waals surface area contributed by atoms with Crippen LogP contribution in [0.5, 0.6) is 0 Å². The molecule has 8 heterocycles. The van der Waals surface area contributed by atoms with Crippen LogP contribution in [-0.4, -0.2) is 187 Å². The summed E-state index contributed by atoms with van der Waals surface area (Å²) in [7, 11) is 0. The Hall–Kier alpha value is -7.98. The summed E-state index contributed by atoms with van der Waals surface area (Å²) in [5, 5.41) is 46.8. The number of anilines is 2. The van der Waals surface area contributed by atoms with Gasteiger partial charge in [0.25, 0.3) is 0 Å². The molecule has 0 spiro atoms. The summed E-state index contributed by atoms with van der Waals surface area (Å²) < 4.78 is 21.9. The van der Waals surface area contributed by atoms with E-state index in [2.05, 4.69) is 48.4 Å². The van der Waals surface area contributed by atoms with E-state index in [9.17, 15) is 44.1 Å². The van der Waals surface area contributed by atoms with Crippen LogP contribution in [0, 0.1) is 25.7 Å². The first-order chi connectivity index (χ1) is 44.8. The maximum Gasteiger partial charge on any atom is 0.410 e. The second kappa shape index (κ2) is 31.7. The average molecular weight is 1350 g/mol. The molecular formula is C68H94N12O13S2. The quantitative estimate of drug-likeness (QED) is 0.0525. The van der Waals surface area contributed by atoms with Gasteiger partial charge < -0.3 is 74.3 Å². The number of aliphatic hydroxyl groups excluding tert-OH is 2. The SMILES string of the molecule is CC(C)C(C(=O)O)c1cc(N2CCN(C(=O)OC(C)(C)C)CC2)no1.Cc1ncsc1-c1ccc([C@H](C)NC(=O)[C@@H]2C[C@@H](O)CN2)cc1.Cc1ncsc1-c1ccc([C@H](C)NC(=O)[C@@H]2C[C@@H](O)CN2C(=O)C(c2cc(N3CCN(C(=O)OC(C)(C)C)CC3)no2)C(C)C)cc1. The molecule has 2 aromatic carbocycles. The third-order valence-corrected chi connectivity index (χ3v) is 18.8. The number of aromatic nitrogens is 4. The van der Waals surface area contributed by atoms with Gasteiger partial charge in [0.2, 0.25) is 17.7 Å². The lowest BCUT2D eigenvalue weighted by molar-refractivity contribution is -0.141. The largest absolute Gasteiger partial charge is 0.481 e. The molecule has 2 unspecified atom stereocenters. The van der Waals surface area contributed by atoms with Crippen molar-refractivity contribution < 1.29 is 62.6 Å². The number of piperazine rings is 2. The molecule has 8 atom stereocenters. The van der Waals surface area contributed by atoms with E-state index in [1.54, 1.807) is 44.6 Å². The van der Waals surface area contributed by atoms with Gasteiger partial charge >= 0.3 is 18.2 Å². The van der Waals surface area contributed by atoms with Gasteiger partial charge in [0.15, 0.2) is 23.2 Å². The molecule has 0 radical (unpaired) electrons. The molecule has 95 heavy (non-hydrogen) atoms. The molecule has 0 saturated carbocycles. The third kappa shape index (κ3) is 19.4. The summed E-state index contributed by atoms with van der Waals surface area (Å²) in [5.74, 6) is -1.30. The van der Waals surface area contributed by atoms with E-state index in [1.807, 2.05) is 154 Å². The second-order valence-electron chi connectivity index (χ2n) is 27.4. The zero-order chi connectivity index (χ0) is 69.2. The number of aliphatic carboxylic acids is 1. The fourth-order valence-electron chi connectivity index (χ4n) is 11.7. The number of carboxylic acids is 1. The number of thiazole rings is 2. The van der Waals surface area contributed by atoms with E-state index in [0.717, 1.165) is 38.5 Å². The van der Waals surface area contributed by atoms with E-state index in [4.69, 9.17) is 18.5 Å². The first-order valence-corrected chi connectivity index (χ1v) is 34.2. The van der Waals surface area contributed by atoms with E-state index in [1.165, 1.54) is 9.78 Å². The monoisotopic (exact) mass is 1350 g/mol. The Morgan fingerprint density at radius 1 is 0.600 bits per heavy atom. The van der Waals surface area contributed by atoms with Crippen LogP contribution in [0.3, 0.4) is 0 Å². The summed E-state index contributed by atoms with van der Waals surface area (Å²) in [5.41, 5.74) is 8.82. The fraction of sp³-hybridized carbons (Fsp3) is 0.559. The van der Waals surface area contributed by atoms with Crippen LogP contribution in [0.4, 0.5) is 21.2 Å². The maximum atomic E-state index is 14.1. The predicted molar refractivity (Wildman–Crippen MR) is 362 cm³/mol. The van der Waals surface area contributed by atoms with Crippen molar-refractivity contribution in [3.8, 4) is 20.9 Å². The molecule has 6 aromatic rings. The zero-order valence-corrected chi connectivity index (χ0v) is 58.6. The van der Waals surface area contributed by atoms with Crippen LogP contribution < -0.4 is 25.8 Å². The highest BCUT2D eigenvalue weighted by molar-refractivity contribution is 7.13. The van der Waals surface area contributed by atoms with E-state index >= 15 is 0 Å². The minimum Gasteiger partial charge on any atom is -0.481 e. The molecule has 27 heteroatoms. The summed E-state index contributed by atoms with van der Waals surface area (Å²) >= 11 is 3.22. The molecule has 4 aliphatic rings. The number of carbonyl (C=O) groups excluding carboxylic acids is 5. The molecule has 5 amide bonds. The van der Waals surface area contributed by atoms with Crippen LogP contribution in [0.1, 0.15) is 154 Å². The van der Waals surface area contributed by atoms with Crippen molar-refractivity contribution in [2.75, 3.05) is 75.2 Å². The number of aryl methyl sites for hydroxylation is 2. The van der Waals surface area contributed by atoms with Crippen molar-refractivity contribution in [2.45, 2.75) is 169 Å². The fourth-order valence-corrected chi connectivity index (χ4v) is 13.3. The molecular weight excluding hydrogens is 1260 g/mol. The minimum absolute atomic E-state index is 0.0589. The van der Waals surface area contributed by atoms with Crippen molar-refractivity contribution in [2.24, 2.45) is 11.8 Å². The number of nitrogens with one attached hydrogen (secondary N) is 3. The van der Waals surface area contributed by atoms with Crippen molar-refractivity contribution in [3.05, 3.63) is 106 Å². The van der Waals surface area contributed by atoms with E-state index in [0.29, 0.717) is 88.5 Å². The van der Waals surface area contributed by atoms with Gasteiger partial charge in [-0.15, -0.1) is 22.7 Å². The van der Waals surface area contributed by atoms with Crippen LogP contribution in [-0.2, 0) is 28.7 Å². The van der Waals surface area contributed by atoms with Gasteiger partial charge in [-0.1, -0.05) is 86.5 Å². The highest BCUT2D eigenvalue weighted by atomic mass is 32.1. The molecule has 6 N–H and O–H groups in total. The summed E-state index contributed by atoms with van der Waals surface area (Å²) in [6.07, 6.45) is -1.28. The van der Waals surface area contributed by atoms with Gasteiger partial charge in [-0.25, -0.2) is 19.6 Å². The topological polar surface area (TPSA) is 312 Å². The van der Waals surface area contributed by atoms with Gasteiger partial charge in [-0.2, -0.15) is 0 Å². The first kappa shape index (κ1) is 72.8. The van der Waals surface area contributed by atoms with Crippen molar-refractivity contribution in [1.82, 2.24) is 50.9 Å². The molecule has 0 bridgehead atoms. The lowest BCUT2D eigenvalue weighted by Crippen LogP contribution is -2.50. The number of carbonyl (C=O) groups is 6. The molecule has 25 nitrogen and oxygen atoms in total. The number of nitrogens with zero attached hydrogens (tertiary/aromatic N) is 9. The average Bonchev–Trinajstić information content (AvgIpc) is 1.69. The zero-order valence-electron chi connectivity index (χ0n) is 57.0. The Kier molecular flexibility index (Phi) is 24.3. The number of likely N-dealkylation sites (tertiary alicyclic amines) is 1. The molecule has 516 valence electrons. The Labute approximate surface area is 563 Å². The lowest BCUT2D eigenvalue weighted by Gasteiger charge is -2.35. The van der Waals surface area contributed by atoms with Gasteiger partial charge in [-0.05, 0) is 110 Å². The molecule has 4 aromatic heterocycles. The van der Waals surface area contributed by atoms with Crippen molar-refractivity contribution >= 4 is 70.2 Å². The molecule has 4 fully saturated rings. The number of β-amino-alcohol motifs (C(OH)–C–C–N with tert-alkyl or cyclic N) is 2. The molecule has 4 saturated heterocycles. The van der Waals surface area contributed by atoms with Crippen molar-refractivity contribution in [3.63, 3.8) is 0 Å². The Bertz CT molecular complexity index is 3540. The van der Waals surface area contributed by atoms with Crippen LogP contribution >= 0.6 is 22.7 Å². The number of amides is 5. The van der Waals surface area contributed by atoms with Crippen molar-refractivity contribution in [1.29, 1.82) is 0 Å². The maximum absolute atomic E-state index is 14.1. The van der Waals surface area contributed by atoms with Gasteiger partial charge in [0.1, 0.15) is 29.1 Å². The number of benzene rings is 2. The first-order valence-electron chi connectivity index (χ1n) is 32.5. The summed E-state index contributed by atoms with van der Waals surface area (Å²) in [6, 6.07) is 18.2. The second-order valence-corrected chi connectivity index (χ2v) is 29.1. The van der Waals surface area contributed by atoms with Gasteiger partial charge in [0, 0.05) is 84.0 Å². The highest BCUT2D eigenvalue weighted by Crippen LogP contribution is 2.35. The highest BCUT2D eigenvalue weighted by Gasteiger charge is 2.44. The van der Waals surface area contributed by atoms with Crippen LogP contribution in [0.15, 0.2) is 80.7 Å². The van der Waals surface area contributed by atoms with Gasteiger partial charge in [-0.3, -0.25) is 19.2 Å². The number of rotatable bonds is 16. The Balaban J connectivity index is 0.000000202. The molecule has 10 rings (SSSR count). The third-order valence-electron chi connectivity index (χ3n) is 16.9. The number of hydrogen-bond acceptors (Lipinski definition) is 21. The van der Waals surface area contributed by atoms with Crippen LogP contribution in [0.25, 0.3) is 20.9 Å². The van der Waals surface area contributed by atoms with E-state index in [-0.39, 0.29) is 72.8 Å². The summed E-state index contributed by atoms with van der Waals surface area (Å²) in [4.78, 5) is 95.5.